The first-order valence-corrected chi connectivity index (χ1v) is 11.7. The van der Waals surface area contributed by atoms with E-state index in [4.69, 9.17) is 23.0 Å². The van der Waals surface area contributed by atoms with E-state index in [9.17, 15) is 4.79 Å². The van der Waals surface area contributed by atoms with E-state index in [1.807, 2.05) is 78.9 Å². The van der Waals surface area contributed by atoms with Gasteiger partial charge in [-0.15, -0.1) is 5.11 Å². The Morgan fingerprint density at radius 3 is 2.25 bits per heavy atom. The monoisotopic (exact) mass is 494 g/mol. The Bertz CT molecular complexity index is 1600. The van der Waals surface area contributed by atoms with Gasteiger partial charge in [-0.05, 0) is 59.7 Å². The smallest absolute Gasteiger partial charge is 0.251 e. The molecule has 0 aliphatic rings. The van der Waals surface area contributed by atoms with Gasteiger partial charge in [-0.2, -0.15) is 5.10 Å². The minimum Gasteiger partial charge on any atom is -0.348 e. The van der Waals surface area contributed by atoms with Crippen molar-refractivity contribution in [2.75, 3.05) is 0 Å². The molecular formula is C28H23ClN6O. The van der Waals surface area contributed by atoms with E-state index in [-0.39, 0.29) is 11.7 Å². The summed E-state index contributed by atoms with van der Waals surface area (Å²) in [4.78, 5) is 12.6. The van der Waals surface area contributed by atoms with Gasteiger partial charge >= 0.3 is 0 Å². The molecule has 4 N–H and O–H groups in total. The first-order chi connectivity index (χ1) is 17.6. The lowest BCUT2D eigenvalue weighted by molar-refractivity contribution is 0.0951. The zero-order valence-electron chi connectivity index (χ0n) is 19.3. The molecule has 8 heteroatoms. The third-order valence-electron chi connectivity index (χ3n) is 6.18. The van der Waals surface area contributed by atoms with Gasteiger partial charge in [0.15, 0.2) is 5.84 Å². The summed E-state index contributed by atoms with van der Waals surface area (Å²) in [5, 5.41) is 12.8. The molecule has 5 rings (SSSR count). The van der Waals surface area contributed by atoms with Crippen LogP contribution < -0.4 is 11.2 Å². The molecule has 1 aromatic heterocycles. The Kier molecular flexibility index (Phi) is 6.47. The van der Waals surface area contributed by atoms with Gasteiger partial charge in [0.05, 0.1) is 0 Å². The molecule has 178 valence electrons. The number of amidine groups is 1. The Labute approximate surface area is 212 Å². The molecule has 1 amide bonds. The standard InChI is InChI=1S/C28H23ClN6O/c29-22-12-7-18(8-13-22)16-32-28(36)20-9-5-19(6-10-20)17-35-25-4-2-1-3-23(25)24-15-21(11-14-26(24)35)27(33-30)34-31/h1-15,30H,16-17,31H2,(H,32,36). The minimum absolute atomic E-state index is 0.127. The molecular weight excluding hydrogens is 472 g/mol. The fourth-order valence-corrected chi connectivity index (χ4v) is 4.49. The predicted octanol–water partition coefficient (Wildman–Crippen LogP) is 6.08. The largest absolute Gasteiger partial charge is 0.348 e. The summed E-state index contributed by atoms with van der Waals surface area (Å²) in [5.74, 6) is 5.45. The van der Waals surface area contributed by atoms with E-state index in [1.54, 1.807) is 0 Å². The van der Waals surface area contributed by atoms with Gasteiger partial charge in [-0.25, -0.2) is 5.53 Å². The van der Waals surface area contributed by atoms with E-state index >= 15 is 0 Å². The summed E-state index contributed by atoms with van der Waals surface area (Å²) in [7, 11) is 0. The maximum atomic E-state index is 12.6. The number of carbonyl (C=O) groups is 1. The van der Waals surface area contributed by atoms with Gasteiger partial charge in [0, 0.05) is 51.0 Å². The van der Waals surface area contributed by atoms with Crippen molar-refractivity contribution in [3.8, 4) is 0 Å². The number of hydrogen-bond acceptors (Lipinski definition) is 4. The molecule has 0 atom stereocenters. The van der Waals surface area contributed by atoms with Crippen molar-refractivity contribution in [1.29, 1.82) is 5.53 Å². The number of nitrogens with one attached hydrogen (secondary N) is 2. The highest BCUT2D eigenvalue weighted by molar-refractivity contribution is 6.30. The van der Waals surface area contributed by atoms with Crippen LogP contribution >= 0.6 is 11.6 Å². The summed E-state index contributed by atoms with van der Waals surface area (Å²) in [6.45, 7) is 1.07. The lowest BCUT2D eigenvalue weighted by Gasteiger charge is -2.10. The number of aromatic nitrogens is 1. The fourth-order valence-electron chi connectivity index (χ4n) is 4.36. The number of benzene rings is 4. The molecule has 36 heavy (non-hydrogen) atoms. The second kappa shape index (κ2) is 10.0. The first-order valence-electron chi connectivity index (χ1n) is 11.4. The average Bonchev–Trinajstić information content (AvgIpc) is 3.22. The van der Waals surface area contributed by atoms with Crippen LogP contribution in [0.2, 0.25) is 5.02 Å². The van der Waals surface area contributed by atoms with Gasteiger partial charge in [-0.1, -0.05) is 54.1 Å². The zero-order chi connectivity index (χ0) is 25.1. The molecule has 4 aromatic carbocycles. The van der Waals surface area contributed by atoms with Crippen molar-refractivity contribution in [1.82, 2.24) is 9.88 Å². The van der Waals surface area contributed by atoms with Gasteiger partial charge < -0.3 is 15.7 Å². The Morgan fingerprint density at radius 2 is 1.53 bits per heavy atom. The van der Waals surface area contributed by atoms with Crippen LogP contribution in [0.25, 0.3) is 21.8 Å². The first kappa shape index (κ1) is 23.3. The van der Waals surface area contributed by atoms with Crippen molar-refractivity contribution in [2.45, 2.75) is 13.1 Å². The van der Waals surface area contributed by atoms with Crippen LogP contribution in [0.5, 0.6) is 0 Å². The summed E-state index contributed by atoms with van der Waals surface area (Å²) in [6, 6.07) is 29.1. The second-order valence-corrected chi connectivity index (χ2v) is 8.84. The Morgan fingerprint density at radius 1 is 0.861 bits per heavy atom. The molecule has 0 aliphatic carbocycles. The summed E-state index contributed by atoms with van der Waals surface area (Å²) in [6.07, 6.45) is 0. The number of hydrazone groups is 1. The van der Waals surface area contributed by atoms with Crippen LogP contribution in [0, 0.1) is 5.53 Å². The topological polar surface area (TPSA) is 109 Å². The fraction of sp³-hybridized carbons (Fsp3) is 0.0714. The van der Waals surface area contributed by atoms with Gasteiger partial charge in [0.25, 0.3) is 5.91 Å². The zero-order valence-corrected chi connectivity index (χ0v) is 20.0. The number of nitrogens with two attached hydrogens (primary N) is 1. The SMILES string of the molecule is N=NC(=NN)c1ccc2c(c1)c1ccccc1n2Cc1ccc(C(=O)NCc2ccc(Cl)cc2)cc1. The van der Waals surface area contributed by atoms with Crippen molar-refractivity contribution in [2.24, 2.45) is 16.1 Å². The number of halogens is 1. The number of rotatable bonds is 6. The van der Waals surface area contributed by atoms with Gasteiger partial charge in [0.2, 0.25) is 0 Å². The van der Waals surface area contributed by atoms with E-state index in [1.165, 1.54) is 0 Å². The van der Waals surface area contributed by atoms with Crippen molar-refractivity contribution in [3.05, 3.63) is 118 Å². The minimum atomic E-state index is -0.127. The lowest BCUT2D eigenvalue weighted by atomic mass is 10.1. The van der Waals surface area contributed by atoms with E-state index in [0.29, 0.717) is 29.2 Å². The summed E-state index contributed by atoms with van der Waals surface area (Å²) in [5.41, 5.74) is 12.8. The molecule has 7 nitrogen and oxygen atoms in total. The number of amides is 1. The second-order valence-electron chi connectivity index (χ2n) is 8.41. The lowest BCUT2D eigenvalue weighted by Crippen LogP contribution is -2.22. The van der Waals surface area contributed by atoms with Crippen LogP contribution in [0.1, 0.15) is 27.0 Å². The molecule has 0 saturated carbocycles. The predicted molar refractivity (Wildman–Crippen MR) is 143 cm³/mol. The number of fused-ring (bicyclic) bond motifs is 3. The maximum absolute atomic E-state index is 12.6. The Hall–Kier alpha value is -4.49. The van der Waals surface area contributed by atoms with Crippen LogP contribution in [0.15, 0.2) is 101 Å². The number of hydrogen-bond donors (Lipinski definition) is 3. The van der Waals surface area contributed by atoms with Crippen LogP contribution in [0.4, 0.5) is 0 Å². The van der Waals surface area contributed by atoms with Gasteiger partial charge in [-0.3, -0.25) is 4.79 Å². The molecule has 1 heterocycles. The average molecular weight is 495 g/mol. The Balaban J connectivity index is 1.39. The molecule has 0 bridgehead atoms. The number of carbonyl (C=O) groups excluding carboxylic acids is 1. The van der Waals surface area contributed by atoms with Crippen LogP contribution in [-0.2, 0) is 13.1 Å². The number of nitrogens with zero attached hydrogens (tertiary/aromatic N) is 3. The van der Waals surface area contributed by atoms with Crippen LogP contribution in [0.3, 0.4) is 0 Å². The summed E-state index contributed by atoms with van der Waals surface area (Å²) >= 11 is 5.92. The molecule has 0 radical (unpaired) electrons. The highest BCUT2D eigenvalue weighted by Crippen LogP contribution is 2.31. The maximum Gasteiger partial charge on any atom is 0.251 e. The van der Waals surface area contributed by atoms with E-state index in [0.717, 1.165) is 32.9 Å². The highest BCUT2D eigenvalue weighted by Gasteiger charge is 2.13. The molecule has 0 aliphatic heterocycles. The van der Waals surface area contributed by atoms with Crippen molar-refractivity contribution in [3.63, 3.8) is 0 Å². The normalized spacial score (nSPS) is 11.6. The molecule has 0 unspecified atom stereocenters. The molecule has 5 aromatic rings. The van der Waals surface area contributed by atoms with Gasteiger partial charge in [0.1, 0.15) is 0 Å². The summed E-state index contributed by atoms with van der Waals surface area (Å²) < 4.78 is 2.24. The molecule has 0 saturated heterocycles. The molecule has 0 spiro atoms. The van der Waals surface area contributed by atoms with Crippen molar-refractivity contribution < 1.29 is 4.79 Å². The molecule has 0 fully saturated rings. The van der Waals surface area contributed by atoms with E-state index in [2.05, 4.69) is 32.2 Å². The number of para-hydroxylation sites is 1. The van der Waals surface area contributed by atoms with Crippen LogP contribution in [-0.4, -0.2) is 16.3 Å². The van der Waals surface area contributed by atoms with Crippen molar-refractivity contribution >= 4 is 45.1 Å². The third-order valence-corrected chi connectivity index (χ3v) is 6.43. The quantitative estimate of drug-likeness (QED) is 0.0874. The van der Waals surface area contributed by atoms with E-state index < -0.39 is 0 Å². The third kappa shape index (κ3) is 4.56. The highest BCUT2D eigenvalue weighted by atomic mass is 35.5.